The van der Waals surface area contributed by atoms with E-state index >= 15 is 0 Å². The molecule has 0 saturated heterocycles. The van der Waals surface area contributed by atoms with Crippen LogP contribution in [0.15, 0.2) is 75.9 Å². The van der Waals surface area contributed by atoms with Crippen LogP contribution < -0.4 is 14.8 Å². The number of fused-ring (bicyclic) bond motifs is 1. The Labute approximate surface area is 227 Å². The Morgan fingerprint density at radius 1 is 1.11 bits per heavy atom. The zero-order valence-corrected chi connectivity index (χ0v) is 23.1. The van der Waals surface area contributed by atoms with Gasteiger partial charge in [-0.05, 0) is 35.9 Å². The smallest absolute Gasteiger partial charge is 0.338 e. The Morgan fingerprint density at radius 3 is 2.55 bits per heavy atom. The van der Waals surface area contributed by atoms with Gasteiger partial charge in [0.05, 0.1) is 38.0 Å². The Hall–Kier alpha value is -3.72. The lowest BCUT2D eigenvalue weighted by Gasteiger charge is -2.36. The molecule has 9 heteroatoms. The fourth-order valence-corrected chi connectivity index (χ4v) is 5.28. The first kappa shape index (κ1) is 27.3. The van der Waals surface area contributed by atoms with Gasteiger partial charge in [0.2, 0.25) is 5.91 Å². The van der Waals surface area contributed by atoms with E-state index in [1.807, 2.05) is 66.6 Å². The van der Waals surface area contributed by atoms with Gasteiger partial charge in [-0.25, -0.2) is 9.79 Å². The van der Waals surface area contributed by atoms with Gasteiger partial charge in [-0.2, -0.15) is 0 Å². The third-order valence-electron chi connectivity index (χ3n) is 6.22. The minimum Gasteiger partial charge on any atom is -0.497 e. The van der Waals surface area contributed by atoms with Crippen molar-refractivity contribution < 1.29 is 23.8 Å². The molecule has 2 aliphatic rings. The normalized spacial score (nSPS) is 16.6. The van der Waals surface area contributed by atoms with Crippen molar-refractivity contribution in [3.05, 3.63) is 82.0 Å². The summed E-state index contributed by atoms with van der Waals surface area (Å²) in [5, 5.41) is 5.59. The van der Waals surface area contributed by atoms with Crippen molar-refractivity contribution in [2.24, 2.45) is 10.9 Å². The standard InChI is InChI=1S/C29H33N3O5S/c1-18(2)15-30-25(33)13-21-17-38-29-31-19(3)26(28(34)37-16-20-9-7-6-8-10-20)27(32(21)29)23-12-11-22(35-4)14-24(23)36-5/h6-12,14,17-18,27H,13,15-16H2,1-5H3,(H,30,33)/t27-/m0/s1. The molecule has 0 fully saturated rings. The molecule has 200 valence electrons. The van der Waals surface area contributed by atoms with Gasteiger partial charge in [-0.15, -0.1) is 0 Å². The number of nitrogens with one attached hydrogen (secondary N) is 1. The molecule has 8 nitrogen and oxygen atoms in total. The van der Waals surface area contributed by atoms with Crippen LogP contribution in [0.2, 0.25) is 0 Å². The van der Waals surface area contributed by atoms with Gasteiger partial charge in [0.15, 0.2) is 5.17 Å². The first-order valence-electron chi connectivity index (χ1n) is 12.5. The highest BCUT2D eigenvalue weighted by Gasteiger charge is 2.42. The van der Waals surface area contributed by atoms with Crippen molar-refractivity contribution in [2.75, 3.05) is 20.8 Å². The van der Waals surface area contributed by atoms with Crippen molar-refractivity contribution >= 4 is 28.8 Å². The summed E-state index contributed by atoms with van der Waals surface area (Å²) in [6, 6.07) is 14.4. The molecular weight excluding hydrogens is 502 g/mol. The van der Waals surface area contributed by atoms with E-state index in [0.717, 1.165) is 16.8 Å². The van der Waals surface area contributed by atoms with Gasteiger partial charge >= 0.3 is 5.97 Å². The number of amides is 1. The molecule has 2 aromatic carbocycles. The second-order valence-electron chi connectivity index (χ2n) is 9.44. The summed E-state index contributed by atoms with van der Waals surface area (Å²) in [7, 11) is 3.17. The number of rotatable bonds is 10. The number of ether oxygens (including phenoxy) is 3. The quantitative estimate of drug-likeness (QED) is 0.419. The molecule has 2 heterocycles. The van der Waals surface area contributed by atoms with Crippen LogP contribution in [0.4, 0.5) is 0 Å². The second kappa shape index (κ2) is 12.2. The van der Waals surface area contributed by atoms with E-state index in [1.165, 1.54) is 11.8 Å². The molecule has 0 spiro atoms. The predicted octanol–water partition coefficient (Wildman–Crippen LogP) is 5.18. The Kier molecular flexibility index (Phi) is 8.78. The number of thioether (sulfide) groups is 1. The maximum atomic E-state index is 13.6. The number of amidine groups is 1. The van der Waals surface area contributed by atoms with E-state index in [4.69, 9.17) is 19.2 Å². The summed E-state index contributed by atoms with van der Waals surface area (Å²) in [6.45, 7) is 6.63. The predicted molar refractivity (Wildman–Crippen MR) is 149 cm³/mol. The molecule has 0 radical (unpaired) electrons. The van der Waals surface area contributed by atoms with Crippen molar-refractivity contribution in [1.29, 1.82) is 0 Å². The number of carbonyl (C=O) groups is 2. The largest absolute Gasteiger partial charge is 0.497 e. The monoisotopic (exact) mass is 535 g/mol. The van der Waals surface area contributed by atoms with E-state index in [9.17, 15) is 9.59 Å². The highest BCUT2D eigenvalue weighted by Crippen LogP contribution is 2.47. The van der Waals surface area contributed by atoms with Crippen LogP contribution in [0.3, 0.4) is 0 Å². The lowest BCUT2D eigenvalue weighted by molar-refractivity contribution is -0.141. The van der Waals surface area contributed by atoms with Crippen LogP contribution in [-0.4, -0.2) is 42.7 Å². The van der Waals surface area contributed by atoms with Gasteiger partial charge in [-0.3, -0.25) is 4.79 Å². The fraction of sp³-hybridized carbons (Fsp3) is 0.345. The van der Waals surface area contributed by atoms with Gasteiger partial charge in [0.1, 0.15) is 18.1 Å². The summed E-state index contributed by atoms with van der Waals surface area (Å²) in [6.07, 6.45) is 0.152. The SMILES string of the molecule is COc1ccc([C@H]2C(C(=O)OCc3ccccc3)=C(C)N=C3SC=C(CC(=O)NCC(C)C)N32)c(OC)c1. The first-order chi connectivity index (χ1) is 18.3. The van der Waals surface area contributed by atoms with E-state index in [0.29, 0.717) is 40.4 Å². The summed E-state index contributed by atoms with van der Waals surface area (Å²) in [4.78, 5) is 33.1. The molecule has 1 atom stereocenters. The second-order valence-corrected chi connectivity index (χ2v) is 10.3. The van der Waals surface area contributed by atoms with Crippen molar-refractivity contribution in [3.63, 3.8) is 0 Å². The van der Waals surface area contributed by atoms with Gasteiger partial charge in [-0.1, -0.05) is 55.9 Å². The zero-order valence-electron chi connectivity index (χ0n) is 22.3. The Balaban J connectivity index is 1.72. The minimum absolute atomic E-state index is 0.0910. The number of hydrogen-bond acceptors (Lipinski definition) is 8. The Bertz CT molecular complexity index is 1290. The van der Waals surface area contributed by atoms with Crippen LogP contribution in [0.5, 0.6) is 11.5 Å². The number of aliphatic imine (C=N–C) groups is 1. The molecule has 38 heavy (non-hydrogen) atoms. The number of esters is 1. The van der Waals surface area contributed by atoms with Crippen LogP contribution in [-0.2, 0) is 20.9 Å². The van der Waals surface area contributed by atoms with Crippen LogP contribution >= 0.6 is 11.8 Å². The molecule has 4 rings (SSSR count). The molecule has 0 bridgehead atoms. The van der Waals surface area contributed by atoms with Gasteiger partial charge in [0.25, 0.3) is 0 Å². The summed E-state index contributed by atoms with van der Waals surface area (Å²) in [5.74, 6) is 0.955. The highest BCUT2D eigenvalue weighted by molar-refractivity contribution is 8.16. The molecule has 0 aromatic heterocycles. The molecule has 1 amide bonds. The molecule has 1 N–H and O–H groups in total. The number of carbonyl (C=O) groups excluding carboxylic acids is 2. The summed E-state index contributed by atoms with van der Waals surface area (Å²) >= 11 is 1.43. The molecule has 2 aliphatic heterocycles. The average molecular weight is 536 g/mol. The van der Waals surface area contributed by atoms with Gasteiger partial charge < -0.3 is 24.4 Å². The molecule has 0 saturated carbocycles. The van der Waals surface area contributed by atoms with Crippen LogP contribution in [0, 0.1) is 5.92 Å². The minimum atomic E-state index is -0.606. The maximum Gasteiger partial charge on any atom is 0.338 e. The number of methoxy groups -OCH3 is 2. The third kappa shape index (κ3) is 6.05. The van der Waals surface area contributed by atoms with Crippen molar-refractivity contribution in [1.82, 2.24) is 10.2 Å². The van der Waals surface area contributed by atoms with E-state index < -0.39 is 12.0 Å². The number of hydrogen-bond donors (Lipinski definition) is 1. The van der Waals surface area contributed by atoms with E-state index in [-0.39, 0.29) is 18.9 Å². The molecular formula is C29H33N3O5S. The number of allylic oxidation sites excluding steroid dienone is 1. The molecule has 0 unspecified atom stereocenters. The highest BCUT2D eigenvalue weighted by atomic mass is 32.2. The maximum absolute atomic E-state index is 13.6. The summed E-state index contributed by atoms with van der Waals surface area (Å²) < 4.78 is 16.9. The van der Waals surface area contributed by atoms with E-state index in [2.05, 4.69) is 5.32 Å². The van der Waals surface area contributed by atoms with E-state index in [1.54, 1.807) is 27.2 Å². The Morgan fingerprint density at radius 2 is 1.87 bits per heavy atom. The van der Waals surface area contributed by atoms with Crippen LogP contribution in [0.25, 0.3) is 0 Å². The topological polar surface area (TPSA) is 89.5 Å². The third-order valence-corrected chi connectivity index (χ3v) is 7.11. The lowest BCUT2D eigenvalue weighted by atomic mass is 9.93. The molecule has 2 aromatic rings. The number of benzene rings is 2. The number of nitrogens with zero attached hydrogens (tertiary/aromatic N) is 2. The fourth-order valence-electron chi connectivity index (χ4n) is 4.32. The van der Waals surface area contributed by atoms with Gasteiger partial charge in [0, 0.05) is 23.9 Å². The van der Waals surface area contributed by atoms with Crippen LogP contribution in [0.1, 0.15) is 44.4 Å². The first-order valence-corrected chi connectivity index (χ1v) is 13.3. The molecule has 0 aliphatic carbocycles. The van der Waals surface area contributed by atoms with Crippen molar-refractivity contribution in [2.45, 2.75) is 39.8 Å². The van der Waals surface area contributed by atoms with Crippen molar-refractivity contribution in [3.8, 4) is 11.5 Å². The lowest BCUT2D eigenvalue weighted by Crippen LogP contribution is -2.38. The summed E-state index contributed by atoms with van der Waals surface area (Å²) in [5.41, 5.74) is 3.32. The zero-order chi connectivity index (χ0) is 27.2. The average Bonchev–Trinajstić information content (AvgIpc) is 3.31.